The molecule has 2 heterocycles. The SMILES string of the molecule is O=c1c2cccnc2c(-c2ccc(C(O)(O)F)c(C(O)(O)F)c2)nn1-c1ccc(F)cc1. The Morgan fingerprint density at radius 3 is 2.16 bits per heavy atom. The van der Waals surface area contributed by atoms with Crippen molar-refractivity contribution in [1.82, 2.24) is 14.8 Å². The van der Waals surface area contributed by atoms with Crippen molar-refractivity contribution in [2.24, 2.45) is 0 Å². The van der Waals surface area contributed by atoms with Crippen LogP contribution in [0.4, 0.5) is 13.2 Å². The van der Waals surface area contributed by atoms with E-state index < -0.39 is 34.6 Å². The second-order valence-corrected chi connectivity index (χ2v) is 6.88. The summed E-state index contributed by atoms with van der Waals surface area (Å²) in [6, 6.07) is 2.09. The van der Waals surface area contributed by atoms with E-state index >= 15 is 0 Å². The maximum absolute atomic E-state index is 14.0. The molecule has 0 aliphatic carbocycles. The third kappa shape index (κ3) is 3.85. The largest absolute Gasteiger partial charge is 0.344 e. The van der Waals surface area contributed by atoms with Gasteiger partial charge in [0.25, 0.3) is 5.56 Å². The molecule has 0 aliphatic heterocycles. The van der Waals surface area contributed by atoms with Crippen LogP contribution in [0.3, 0.4) is 0 Å². The molecule has 4 aromatic rings. The number of halogens is 3. The van der Waals surface area contributed by atoms with Crippen LogP contribution in [0.2, 0.25) is 0 Å². The quantitative estimate of drug-likeness (QED) is 0.352. The third-order valence-corrected chi connectivity index (χ3v) is 4.70. The van der Waals surface area contributed by atoms with Gasteiger partial charge in [-0.25, -0.2) is 4.39 Å². The average molecular weight is 445 g/mol. The zero-order chi connectivity index (χ0) is 23.3. The maximum atomic E-state index is 14.0. The summed E-state index contributed by atoms with van der Waals surface area (Å²) in [6.45, 7) is 0. The number of fused-ring (bicyclic) bond motifs is 1. The minimum Gasteiger partial charge on any atom is -0.336 e. The smallest absolute Gasteiger partial charge is 0.336 e. The summed E-state index contributed by atoms with van der Waals surface area (Å²) >= 11 is 0. The zero-order valence-electron chi connectivity index (χ0n) is 15.9. The Balaban J connectivity index is 2.04. The van der Waals surface area contributed by atoms with Gasteiger partial charge in [-0.1, -0.05) is 6.07 Å². The number of hydrogen-bond acceptors (Lipinski definition) is 7. The summed E-state index contributed by atoms with van der Waals surface area (Å²) in [5.74, 6) is -0.544. The van der Waals surface area contributed by atoms with E-state index in [2.05, 4.69) is 10.1 Å². The Hall–Kier alpha value is -3.64. The normalized spacial score (nSPS) is 12.3. The third-order valence-electron chi connectivity index (χ3n) is 4.70. The molecule has 11 heteroatoms. The van der Waals surface area contributed by atoms with Crippen LogP contribution in [-0.4, -0.2) is 35.2 Å². The Morgan fingerprint density at radius 2 is 1.53 bits per heavy atom. The molecule has 0 amide bonds. The van der Waals surface area contributed by atoms with Crippen LogP contribution >= 0.6 is 0 Å². The number of alkyl halides is 2. The fourth-order valence-electron chi connectivity index (χ4n) is 3.26. The number of aliphatic hydroxyl groups is 4. The molecule has 0 radical (unpaired) electrons. The predicted molar refractivity (Wildman–Crippen MR) is 105 cm³/mol. The van der Waals surface area contributed by atoms with E-state index in [1.165, 1.54) is 30.5 Å². The number of hydrogen-bond donors (Lipinski definition) is 4. The lowest BCUT2D eigenvalue weighted by molar-refractivity contribution is -0.290. The van der Waals surface area contributed by atoms with Crippen molar-refractivity contribution in [2.75, 3.05) is 0 Å². The monoisotopic (exact) mass is 445 g/mol. The van der Waals surface area contributed by atoms with Crippen LogP contribution in [0.15, 0.2) is 65.6 Å². The number of aromatic nitrogens is 3. The van der Waals surface area contributed by atoms with Gasteiger partial charge in [-0.2, -0.15) is 18.6 Å². The summed E-state index contributed by atoms with van der Waals surface area (Å²) in [5, 5.41) is 41.5. The summed E-state index contributed by atoms with van der Waals surface area (Å²) in [4.78, 5) is 17.0. The molecule has 0 atom stereocenters. The first kappa shape index (κ1) is 21.6. The average Bonchev–Trinajstić information content (AvgIpc) is 2.73. The first-order valence-electron chi connectivity index (χ1n) is 9.03. The molecule has 0 unspecified atom stereocenters. The summed E-state index contributed by atoms with van der Waals surface area (Å²) < 4.78 is 41.9. The van der Waals surface area contributed by atoms with E-state index in [-0.39, 0.29) is 27.8 Å². The summed E-state index contributed by atoms with van der Waals surface area (Å²) in [7, 11) is 0. The second kappa shape index (κ2) is 7.50. The predicted octanol–water partition coefficient (Wildman–Crippen LogP) is 1.72. The molecular formula is C21H14F3N3O5. The van der Waals surface area contributed by atoms with E-state index in [4.69, 9.17) is 0 Å². The van der Waals surface area contributed by atoms with Gasteiger partial charge in [0, 0.05) is 11.8 Å². The lowest BCUT2D eigenvalue weighted by Gasteiger charge is -2.21. The van der Waals surface area contributed by atoms with E-state index in [9.17, 15) is 38.4 Å². The van der Waals surface area contributed by atoms with Crippen LogP contribution in [0.1, 0.15) is 11.1 Å². The van der Waals surface area contributed by atoms with Gasteiger partial charge in [0.2, 0.25) is 0 Å². The van der Waals surface area contributed by atoms with Crippen molar-refractivity contribution < 1.29 is 33.6 Å². The molecule has 4 N–H and O–H groups in total. The first-order chi connectivity index (χ1) is 15.0. The van der Waals surface area contributed by atoms with Gasteiger partial charge in [-0.15, -0.1) is 0 Å². The second-order valence-electron chi connectivity index (χ2n) is 6.88. The van der Waals surface area contributed by atoms with Gasteiger partial charge >= 0.3 is 12.1 Å². The van der Waals surface area contributed by atoms with E-state index in [0.29, 0.717) is 0 Å². The fourth-order valence-corrected chi connectivity index (χ4v) is 3.26. The van der Waals surface area contributed by atoms with Crippen molar-refractivity contribution in [3.05, 3.63) is 88.1 Å². The van der Waals surface area contributed by atoms with E-state index in [1.807, 2.05) is 0 Å². The first-order valence-corrected chi connectivity index (χ1v) is 9.03. The Bertz CT molecular complexity index is 1380. The topological polar surface area (TPSA) is 129 Å². The fraction of sp³-hybridized carbons (Fsp3) is 0.0952. The molecule has 0 saturated heterocycles. The van der Waals surface area contributed by atoms with Crippen LogP contribution in [-0.2, 0) is 12.1 Å². The molecular weight excluding hydrogens is 431 g/mol. The van der Waals surface area contributed by atoms with E-state index in [0.717, 1.165) is 35.0 Å². The standard InChI is InChI=1S/C21H14F3N3O5/c22-12-4-6-13(7-5-12)27-19(28)14-2-1-9-25-18(14)17(26-27)11-3-8-15(20(23,29)30)16(10-11)21(24,31)32/h1-10,29-32H. The number of nitrogens with zero attached hydrogens (tertiary/aromatic N) is 3. The minimum absolute atomic E-state index is 0.0504. The van der Waals surface area contributed by atoms with Gasteiger partial charge in [-0.05, 0) is 48.5 Å². The molecule has 164 valence electrons. The molecule has 2 aromatic carbocycles. The lowest BCUT2D eigenvalue weighted by Crippen LogP contribution is -2.28. The van der Waals surface area contributed by atoms with Crippen LogP contribution in [0.25, 0.3) is 27.8 Å². The number of pyridine rings is 1. The van der Waals surface area contributed by atoms with Gasteiger partial charge in [-0.3, -0.25) is 9.78 Å². The summed E-state index contributed by atoms with van der Waals surface area (Å²) in [6.07, 6.45) is 1.36. The van der Waals surface area contributed by atoms with Crippen molar-refractivity contribution in [3.8, 4) is 16.9 Å². The van der Waals surface area contributed by atoms with Gasteiger partial charge in [0.05, 0.1) is 22.2 Å². The summed E-state index contributed by atoms with van der Waals surface area (Å²) in [5.41, 5.74) is -2.82. The minimum atomic E-state index is -4.14. The highest BCUT2D eigenvalue weighted by Crippen LogP contribution is 2.35. The highest BCUT2D eigenvalue weighted by molar-refractivity contribution is 5.90. The molecule has 0 fully saturated rings. The van der Waals surface area contributed by atoms with Gasteiger partial charge in [0.1, 0.15) is 17.0 Å². The van der Waals surface area contributed by atoms with Crippen LogP contribution < -0.4 is 5.56 Å². The van der Waals surface area contributed by atoms with Crippen LogP contribution in [0, 0.1) is 5.82 Å². The Labute approximate surface area is 177 Å². The maximum Gasteiger partial charge on any atom is 0.344 e. The molecule has 0 aliphatic rings. The molecule has 4 rings (SSSR count). The number of rotatable bonds is 4. The molecule has 0 saturated carbocycles. The number of benzene rings is 2. The molecule has 0 spiro atoms. The van der Waals surface area contributed by atoms with Gasteiger partial charge in [0.15, 0.2) is 0 Å². The Kier molecular flexibility index (Phi) is 5.06. The van der Waals surface area contributed by atoms with Crippen molar-refractivity contribution in [3.63, 3.8) is 0 Å². The highest BCUT2D eigenvalue weighted by atomic mass is 19.2. The molecule has 0 bridgehead atoms. The Morgan fingerprint density at radius 1 is 0.875 bits per heavy atom. The molecule has 8 nitrogen and oxygen atoms in total. The van der Waals surface area contributed by atoms with Gasteiger partial charge < -0.3 is 20.4 Å². The van der Waals surface area contributed by atoms with E-state index in [1.54, 1.807) is 0 Å². The molecule has 32 heavy (non-hydrogen) atoms. The van der Waals surface area contributed by atoms with Crippen molar-refractivity contribution in [1.29, 1.82) is 0 Å². The highest BCUT2D eigenvalue weighted by Gasteiger charge is 2.38. The lowest BCUT2D eigenvalue weighted by atomic mass is 9.98. The van der Waals surface area contributed by atoms with Crippen molar-refractivity contribution in [2.45, 2.75) is 12.1 Å². The molecule has 2 aromatic heterocycles. The zero-order valence-corrected chi connectivity index (χ0v) is 15.9. The van der Waals surface area contributed by atoms with Crippen molar-refractivity contribution >= 4 is 10.9 Å². The van der Waals surface area contributed by atoms with Crippen LogP contribution in [0.5, 0.6) is 0 Å².